The van der Waals surface area contributed by atoms with Crippen LogP contribution in [0.25, 0.3) is 0 Å². The summed E-state index contributed by atoms with van der Waals surface area (Å²) in [6.45, 7) is 2.78. The fourth-order valence-corrected chi connectivity index (χ4v) is 1.36. The first-order valence-electron chi connectivity index (χ1n) is 5.68. The molecule has 18 heavy (non-hydrogen) atoms. The molecule has 0 fully saturated rings. The SMILES string of the molecule is CCCNC(C#N)COc1ccccc1[N+](=O)[O-]. The fraction of sp³-hybridized carbons (Fsp3) is 0.417. The second-order valence-electron chi connectivity index (χ2n) is 3.67. The Morgan fingerprint density at radius 1 is 1.56 bits per heavy atom. The van der Waals surface area contributed by atoms with Gasteiger partial charge in [0.1, 0.15) is 12.6 Å². The lowest BCUT2D eigenvalue weighted by atomic mass is 10.3. The number of rotatable bonds is 7. The summed E-state index contributed by atoms with van der Waals surface area (Å²) < 4.78 is 5.32. The average molecular weight is 249 g/mol. The van der Waals surface area contributed by atoms with E-state index in [1.165, 1.54) is 12.1 Å². The van der Waals surface area contributed by atoms with E-state index >= 15 is 0 Å². The molecule has 0 aliphatic rings. The predicted molar refractivity (Wildman–Crippen MR) is 66.3 cm³/mol. The number of hydrogen-bond acceptors (Lipinski definition) is 5. The van der Waals surface area contributed by atoms with Gasteiger partial charge in [0.05, 0.1) is 11.0 Å². The van der Waals surface area contributed by atoms with Crippen LogP contribution in [0.5, 0.6) is 5.75 Å². The van der Waals surface area contributed by atoms with E-state index in [4.69, 9.17) is 10.00 Å². The normalized spacial score (nSPS) is 11.6. The number of ether oxygens (including phenoxy) is 1. The van der Waals surface area contributed by atoms with E-state index in [2.05, 4.69) is 5.32 Å². The summed E-state index contributed by atoms with van der Waals surface area (Å²) in [7, 11) is 0. The number of nitrogens with zero attached hydrogens (tertiary/aromatic N) is 2. The third kappa shape index (κ3) is 4.03. The van der Waals surface area contributed by atoms with Gasteiger partial charge in [0.2, 0.25) is 0 Å². The second kappa shape index (κ2) is 7.25. The molecule has 1 aromatic carbocycles. The third-order valence-corrected chi connectivity index (χ3v) is 2.26. The molecule has 6 nitrogen and oxygen atoms in total. The van der Waals surface area contributed by atoms with Crippen LogP contribution in [0.3, 0.4) is 0 Å². The highest BCUT2D eigenvalue weighted by atomic mass is 16.6. The molecule has 0 aromatic heterocycles. The van der Waals surface area contributed by atoms with Crippen molar-refractivity contribution in [2.45, 2.75) is 19.4 Å². The Balaban J connectivity index is 2.62. The van der Waals surface area contributed by atoms with Gasteiger partial charge in [-0.25, -0.2) is 0 Å². The van der Waals surface area contributed by atoms with Gasteiger partial charge in [0.25, 0.3) is 0 Å². The predicted octanol–water partition coefficient (Wildman–Crippen LogP) is 1.87. The number of nitriles is 1. The van der Waals surface area contributed by atoms with E-state index in [9.17, 15) is 10.1 Å². The Hall–Kier alpha value is -2.13. The molecular weight excluding hydrogens is 234 g/mol. The van der Waals surface area contributed by atoms with Crippen LogP contribution in [0.2, 0.25) is 0 Å². The first-order valence-corrected chi connectivity index (χ1v) is 5.68. The van der Waals surface area contributed by atoms with E-state index in [0.717, 1.165) is 6.42 Å². The summed E-state index contributed by atoms with van der Waals surface area (Å²) in [5.41, 5.74) is -0.0929. The lowest BCUT2D eigenvalue weighted by molar-refractivity contribution is -0.385. The van der Waals surface area contributed by atoms with Crippen LogP contribution in [0.15, 0.2) is 24.3 Å². The number of para-hydroxylation sites is 2. The average Bonchev–Trinajstić information content (AvgIpc) is 2.39. The molecule has 0 heterocycles. The molecule has 1 atom stereocenters. The summed E-state index contributed by atoms with van der Waals surface area (Å²) in [5.74, 6) is 0.182. The van der Waals surface area contributed by atoms with Crippen LogP contribution < -0.4 is 10.1 Å². The van der Waals surface area contributed by atoms with Gasteiger partial charge in [0, 0.05) is 6.07 Å². The van der Waals surface area contributed by atoms with E-state index in [1.54, 1.807) is 12.1 Å². The molecule has 0 saturated carbocycles. The number of nitrogens with one attached hydrogen (secondary N) is 1. The molecule has 0 saturated heterocycles. The summed E-state index contributed by atoms with van der Waals surface area (Å²) in [6.07, 6.45) is 0.906. The Morgan fingerprint density at radius 2 is 2.28 bits per heavy atom. The van der Waals surface area contributed by atoms with E-state index in [1.807, 2.05) is 13.0 Å². The molecular formula is C12H15N3O3. The zero-order valence-corrected chi connectivity index (χ0v) is 10.1. The monoisotopic (exact) mass is 249 g/mol. The molecule has 0 aliphatic heterocycles. The maximum atomic E-state index is 10.8. The number of hydrogen-bond donors (Lipinski definition) is 1. The van der Waals surface area contributed by atoms with Crippen molar-refractivity contribution >= 4 is 5.69 Å². The Morgan fingerprint density at radius 3 is 2.89 bits per heavy atom. The molecule has 0 bridgehead atoms. The zero-order chi connectivity index (χ0) is 13.4. The highest BCUT2D eigenvalue weighted by Crippen LogP contribution is 2.25. The van der Waals surface area contributed by atoms with Gasteiger partial charge in [-0.15, -0.1) is 0 Å². The molecule has 6 heteroatoms. The Kier molecular flexibility index (Phi) is 5.61. The molecule has 0 aliphatic carbocycles. The van der Waals surface area contributed by atoms with Gasteiger partial charge in [-0.05, 0) is 19.0 Å². The van der Waals surface area contributed by atoms with Crippen LogP contribution in [0, 0.1) is 21.4 Å². The summed E-state index contributed by atoms with van der Waals surface area (Å²) >= 11 is 0. The number of benzene rings is 1. The van der Waals surface area contributed by atoms with Gasteiger partial charge in [-0.1, -0.05) is 19.1 Å². The lowest BCUT2D eigenvalue weighted by Crippen LogP contribution is -2.33. The van der Waals surface area contributed by atoms with Crippen molar-refractivity contribution in [3.8, 4) is 11.8 Å². The van der Waals surface area contributed by atoms with Crippen LogP contribution in [0.4, 0.5) is 5.69 Å². The van der Waals surface area contributed by atoms with Gasteiger partial charge in [0.15, 0.2) is 5.75 Å². The van der Waals surface area contributed by atoms with Crippen molar-refractivity contribution in [3.05, 3.63) is 34.4 Å². The van der Waals surface area contributed by atoms with Crippen LogP contribution in [-0.4, -0.2) is 24.1 Å². The standard InChI is InChI=1S/C12H15N3O3/c1-2-7-14-10(8-13)9-18-12-6-4-3-5-11(12)15(16)17/h3-6,10,14H,2,7,9H2,1H3. The van der Waals surface area contributed by atoms with Gasteiger partial charge >= 0.3 is 5.69 Å². The van der Waals surface area contributed by atoms with Crippen molar-refractivity contribution in [2.24, 2.45) is 0 Å². The maximum absolute atomic E-state index is 10.8. The first-order chi connectivity index (χ1) is 8.69. The van der Waals surface area contributed by atoms with Crippen molar-refractivity contribution in [1.29, 1.82) is 5.26 Å². The Labute approximate surface area is 105 Å². The van der Waals surface area contributed by atoms with Gasteiger partial charge < -0.3 is 4.74 Å². The topological polar surface area (TPSA) is 88.2 Å². The molecule has 1 unspecified atom stereocenters. The molecule has 0 spiro atoms. The fourth-order valence-electron chi connectivity index (χ4n) is 1.36. The molecule has 0 amide bonds. The summed E-state index contributed by atoms with van der Waals surface area (Å²) in [6, 6.07) is 7.70. The first kappa shape index (κ1) is 13.9. The third-order valence-electron chi connectivity index (χ3n) is 2.26. The largest absolute Gasteiger partial charge is 0.484 e. The minimum absolute atomic E-state index is 0.0847. The van der Waals surface area contributed by atoms with Crippen LogP contribution in [0.1, 0.15) is 13.3 Å². The van der Waals surface area contributed by atoms with Crippen LogP contribution >= 0.6 is 0 Å². The maximum Gasteiger partial charge on any atom is 0.310 e. The van der Waals surface area contributed by atoms with Gasteiger partial charge in [-0.3, -0.25) is 15.4 Å². The number of nitro benzene ring substituents is 1. The minimum atomic E-state index is -0.504. The highest BCUT2D eigenvalue weighted by molar-refractivity contribution is 5.45. The summed E-state index contributed by atoms with van der Waals surface area (Å²) in [4.78, 5) is 10.2. The minimum Gasteiger partial charge on any atom is -0.484 e. The quantitative estimate of drug-likeness (QED) is 0.588. The zero-order valence-electron chi connectivity index (χ0n) is 10.1. The number of nitro groups is 1. The van der Waals surface area contributed by atoms with Crippen molar-refractivity contribution in [3.63, 3.8) is 0 Å². The van der Waals surface area contributed by atoms with E-state index in [0.29, 0.717) is 6.54 Å². The molecule has 1 aromatic rings. The second-order valence-corrected chi connectivity index (χ2v) is 3.67. The molecule has 1 N–H and O–H groups in total. The van der Waals surface area contributed by atoms with Crippen molar-refractivity contribution in [1.82, 2.24) is 5.32 Å². The Bertz CT molecular complexity index is 442. The smallest absolute Gasteiger partial charge is 0.310 e. The van der Waals surface area contributed by atoms with E-state index < -0.39 is 11.0 Å². The highest BCUT2D eigenvalue weighted by Gasteiger charge is 2.15. The van der Waals surface area contributed by atoms with Crippen LogP contribution in [-0.2, 0) is 0 Å². The molecule has 1 rings (SSSR count). The lowest BCUT2D eigenvalue weighted by Gasteiger charge is -2.12. The molecule has 0 radical (unpaired) electrons. The van der Waals surface area contributed by atoms with E-state index in [-0.39, 0.29) is 18.0 Å². The molecule has 96 valence electrons. The van der Waals surface area contributed by atoms with Crippen molar-refractivity contribution < 1.29 is 9.66 Å². The summed E-state index contributed by atoms with van der Waals surface area (Å²) in [5, 5.41) is 22.6. The van der Waals surface area contributed by atoms with Gasteiger partial charge in [-0.2, -0.15) is 5.26 Å². The van der Waals surface area contributed by atoms with Crippen molar-refractivity contribution in [2.75, 3.05) is 13.2 Å².